The summed E-state index contributed by atoms with van der Waals surface area (Å²) in [6.07, 6.45) is 0. The zero-order valence-electron chi connectivity index (χ0n) is 34.6. The molecule has 0 heterocycles. The maximum absolute atomic E-state index is 2.44. The molecule has 294 valence electrons. The van der Waals surface area contributed by atoms with Crippen LogP contribution in [0, 0.1) is 0 Å². The first-order valence-electron chi connectivity index (χ1n) is 21.7. The second-order valence-corrected chi connectivity index (χ2v) is 16.5. The van der Waals surface area contributed by atoms with Gasteiger partial charge in [-0.25, -0.2) is 0 Å². The second kappa shape index (κ2) is 15.3. The normalized spacial score (nSPS) is 11.5. The van der Waals surface area contributed by atoms with E-state index in [-0.39, 0.29) is 0 Å². The van der Waals surface area contributed by atoms with E-state index >= 15 is 0 Å². The van der Waals surface area contributed by atoms with Crippen molar-refractivity contribution in [2.45, 2.75) is 0 Å². The van der Waals surface area contributed by atoms with E-state index in [1.54, 1.807) is 0 Å². The van der Waals surface area contributed by atoms with Gasteiger partial charge < -0.3 is 4.90 Å². The van der Waals surface area contributed by atoms with Gasteiger partial charge in [0.1, 0.15) is 0 Å². The third-order valence-electron chi connectivity index (χ3n) is 12.9. The Morgan fingerprint density at radius 2 is 0.667 bits per heavy atom. The van der Waals surface area contributed by atoms with Gasteiger partial charge in [-0.1, -0.05) is 212 Å². The van der Waals surface area contributed by atoms with Gasteiger partial charge >= 0.3 is 0 Å². The van der Waals surface area contributed by atoms with Gasteiger partial charge in [-0.15, -0.1) is 0 Å². The molecule has 0 N–H and O–H groups in total. The van der Waals surface area contributed by atoms with Crippen molar-refractivity contribution in [1.29, 1.82) is 0 Å². The van der Waals surface area contributed by atoms with Crippen molar-refractivity contribution in [3.05, 3.63) is 249 Å². The quantitative estimate of drug-likeness (QED) is 0.145. The van der Waals surface area contributed by atoms with Gasteiger partial charge in [0.15, 0.2) is 0 Å². The molecule has 12 rings (SSSR count). The summed E-state index contributed by atoms with van der Waals surface area (Å²) < 4.78 is 0. The zero-order valence-corrected chi connectivity index (χ0v) is 34.6. The third kappa shape index (κ3) is 6.50. The first-order valence-corrected chi connectivity index (χ1v) is 21.7. The molecule has 0 radical (unpaired) electrons. The van der Waals surface area contributed by atoms with E-state index in [4.69, 9.17) is 0 Å². The first-order chi connectivity index (χ1) is 31.2. The highest BCUT2D eigenvalue weighted by Crippen LogP contribution is 2.45. The van der Waals surface area contributed by atoms with E-state index in [2.05, 4.69) is 254 Å². The highest BCUT2D eigenvalue weighted by molar-refractivity contribution is 6.13. The van der Waals surface area contributed by atoms with Crippen molar-refractivity contribution < 1.29 is 0 Å². The lowest BCUT2D eigenvalue weighted by atomic mass is 9.92. The molecule has 0 spiro atoms. The largest absolute Gasteiger partial charge is 0.310 e. The van der Waals surface area contributed by atoms with Crippen LogP contribution in [0.15, 0.2) is 249 Å². The van der Waals surface area contributed by atoms with Crippen LogP contribution in [0.2, 0.25) is 0 Å². The Hall–Kier alpha value is -8.26. The van der Waals surface area contributed by atoms with Crippen molar-refractivity contribution in [3.63, 3.8) is 0 Å². The van der Waals surface area contributed by atoms with E-state index in [9.17, 15) is 0 Å². The SMILES string of the molecule is c1ccc(-c2ccc(-c3cccc4c3ccc3ccccc34)cc2N(c2ccc(-c3ccc4c(ccc5ccccc54)c3)cc2)c2ccc(-c3cccc4ccccc34)cc2)cc1. The molecule has 12 aromatic rings. The van der Waals surface area contributed by atoms with Crippen LogP contribution in [-0.4, -0.2) is 0 Å². The fourth-order valence-electron chi connectivity index (χ4n) is 9.73. The number of nitrogens with zero attached hydrogens (tertiary/aromatic N) is 1. The van der Waals surface area contributed by atoms with Crippen LogP contribution < -0.4 is 4.90 Å². The van der Waals surface area contributed by atoms with Gasteiger partial charge in [0, 0.05) is 16.9 Å². The topological polar surface area (TPSA) is 3.24 Å². The minimum Gasteiger partial charge on any atom is -0.310 e. The summed E-state index contributed by atoms with van der Waals surface area (Å²) in [5.41, 5.74) is 12.8. The lowest BCUT2D eigenvalue weighted by molar-refractivity contribution is 1.28. The van der Waals surface area contributed by atoms with Crippen molar-refractivity contribution in [2.75, 3.05) is 4.90 Å². The van der Waals surface area contributed by atoms with Crippen molar-refractivity contribution in [3.8, 4) is 44.5 Å². The Morgan fingerprint density at radius 1 is 0.206 bits per heavy atom. The summed E-state index contributed by atoms with van der Waals surface area (Å²) >= 11 is 0. The van der Waals surface area contributed by atoms with Crippen LogP contribution in [0.5, 0.6) is 0 Å². The van der Waals surface area contributed by atoms with Gasteiger partial charge in [0.05, 0.1) is 5.69 Å². The molecule has 12 aromatic carbocycles. The van der Waals surface area contributed by atoms with Crippen LogP contribution in [0.3, 0.4) is 0 Å². The standard InChI is InChI=1S/C62H41N/c1-2-12-44(13-3-1)59-38-32-50(57-22-11-23-60-56-20-9-6-16-46(56)30-39-61(57)60)41-62(59)63(52-35-28-47(29-36-52)55-21-10-17-43-14-4-7-18-53(43)55)51-33-26-42(27-34-51)48-31-37-58-49(40-48)25-24-45-15-5-8-19-54(45)58/h1-41H. The second-order valence-electron chi connectivity index (χ2n) is 16.5. The number of benzene rings is 12. The molecule has 0 aliphatic carbocycles. The molecule has 0 bridgehead atoms. The lowest BCUT2D eigenvalue weighted by Crippen LogP contribution is -2.11. The monoisotopic (exact) mass is 799 g/mol. The molecule has 1 nitrogen and oxygen atoms in total. The maximum Gasteiger partial charge on any atom is 0.0546 e. The predicted molar refractivity (Wildman–Crippen MR) is 270 cm³/mol. The van der Waals surface area contributed by atoms with Crippen molar-refractivity contribution in [2.24, 2.45) is 0 Å². The Labute approximate surface area is 367 Å². The molecular weight excluding hydrogens is 759 g/mol. The zero-order chi connectivity index (χ0) is 41.7. The van der Waals surface area contributed by atoms with Crippen LogP contribution in [0.4, 0.5) is 17.1 Å². The molecule has 63 heavy (non-hydrogen) atoms. The average Bonchev–Trinajstić information content (AvgIpc) is 3.36. The molecule has 0 saturated carbocycles. The molecule has 0 aliphatic rings. The Kier molecular flexibility index (Phi) is 8.90. The molecule has 0 amide bonds. The molecule has 0 unspecified atom stereocenters. The van der Waals surface area contributed by atoms with E-state index in [1.165, 1.54) is 92.8 Å². The minimum absolute atomic E-state index is 1.08. The molecule has 1 heteroatoms. The van der Waals surface area contributed by atoms with E-state index in [0.29, 0.717) is 0 Å². The minimum atomic E-state index is 1.08. The van der Waals surface area contributed by atoms with Gasteiger partial charge in [0.25, 0.3) is 0 Å². The Balaban J connectivity index is 1.03. The predicted octanol–water partition coefficient (Wildman–Crippen LogP) is 17.6. The fraction of sp³-hybridized carbons (Fsp3) is 0. The van der Waals surface area contributed by atoms with Crippen molar-refractivity contribution in [1.82, 2.24) is 0 Å². The van der Waals surface area contributed by atoms with Gasteiger partial charge in [-0.05, 0) is 129 Å². The van der Waals surface area contributed by atoms with Crippen LogP contribution in [-0.2, 0) is 0 Å². The van der Waals surface area contributed by atoms with E-state index < -0.39 is 0 Å². The molecule has 0 atom stereocenters. The third-order valence-corrected chi connectivity index (χ3v) is 12.9. The molecule has 0 aromatic heterocycles. The van der Waals surface area contributed by atoms with Gasteiger partial charge in [0.2, 0.25) is 0 Å². The highest BCUT2D eigenvalue weighted by Gasteiger charge is 2.20. The van der Waals surface area contributed by atoms with Gasteiger partial charge in [-0.2, -0.15) is 0 Å². The summed E-state index contributed by atoms with van der Waals surface area (Å²) in [6, 6.07) is 91.2. The smallest absolute Gasteiger partial charge is 0.0546 e. The Bertz CT molecular complexity index is 3650. The van der Waals surface area contributed by atoms with E-state index in [0.717, 1.165) is 22.6 Å². The van der Waals surface area contributed by atoms with Crippen LogP contribution in [0.1, 0.15) is 0 Å². The summed E-state index contributed by atoms with van der Waals surface area (Å²) in [5, 5.41) is 12.6. The van der Waals surface area contributed by atoms with Crippen molar-refractivity contribution >= 4 is 70.9 Å². The van der Waals surface area contributed by atoms with Crippen LogP contribution in [0.25, 0.3) is 98.4 Å². The highest BCUT2D eigenvalue weighted by atomic mass is 15.1. The first kappa shape index (κ1) is 36.6. The lowest BCUT2D eigenvalue weighted by Gasteiger charge is -2.29. The summed E-state index contributed by atoms with van der Waals surface area (Å²) in [7, 11) is 0. The molecular formula is C62H41N. The number of fused-ring (bicyclic) bond motifs is 7. The molecule has 0 aliphatic heterocycles. The number of rotatable bonds is 7. The molecule has 0 fully saturated rings. The average molecular weight is 800 g/mol. The number of anilines is 3. The number of hydrogen-bond donors (Lipinski definition) is 0. The number of hydrogen-bond acceptors (Lipinski definition) is 1. The van der Waals surface area contributed by atoms with Gasteiger partial charge in [-0.3, -0.25) is 0 Å². The van der Waals surface area contributed by atoms with Crippen LogP contribution >= 0.6 is 0 Å². The maximum atomic E-state index is 2.44. The molecule has 0 saturated heterocycles. The summed E-state index contributed by atoms with van der Waals surface area (Å²) in [4.78, 5) is 2.44. The summed E-state index contributed by atoms with van der Waals surface area (Å²) in [5.74, 6) is 0. The fourth-order valence-corrected chi connectivity index (χ4v) is 9.73. The van der Waals surface area contributed by atoms with E-state index in [1.807, 2.05) is 0 Å². The summed E-state index contributed by atoms with van der Waals surface area (Å²) in [6.45, 7) is 0. The Morgan fingerprint density at radius 3 is 1.40 bits per heavy atom.